The Hall–Kier alpha value is -2.65. The fraction of sp³-hybridized carbons (Fsp3) is 0.125. The number of nitrogens with one attached hydrogen (secondary N) is 2. The van der Waals surface area contributed by atoms with Crippen molar-refractivity contribution in [1.82, 2.24) is 5.32 Å². The standard InChI is InChI=1S/C16H16N2O5S2/c1-2-9-17-14(19)11-23-16(20)12-6-3-4-7-13(12)18-25(21,22)15-8-5-10-24-15/h2-8,10,18H,1,9,11H2,(H,17,19). The van der Waals surface area contributed by atoms with Gasteiger partial charge in [-0.05, 0) is 23.6 Å². The lowest BCUT2D eigenvalue weighted by atomic mass is 10.2. The Bertz CT molecular complexity index is 860. The van der Waals surface area contributed by atoms with Crippen LogP contribution >= 0.6 is 11.3 Å². The van der Waals surface area contributed by atoms with Crippen molar-refractivity contribution < 1.29 is 22.7 Å². The molecule has 0 spiro atoms. The number of benzene rings is 1. The number of ether oxygens (including phenoxy) is 1. The summed E-state index contributed by atoms with van der Waals surface area (Å²) >= 11 is 1.06. The SMILES string of the molecule is C=CCNC(=O)COC(=O)c1ccccc1NS(=O)(=O)c1cccs1. The third kappa shape index (κ3) is 5.16. The van der Waals surface area contributed by atoms with Crippen molar-refractivity contribution in [3.8, 4) is 0 Å². The van der Waals surface area contributed by atoms with E-state index in [4.69, 9.17) is 4.74 Å². The largest absolute Gasteiger partial charge is 0.452 e. The summed E-state index contributed by atoms with van der Waals surface area (Å²) in [5.41, 5.74) is 0.0894. The van der Waals surface area contributed by atoms with Crippen molar-refractivity contribution >= 4 is 38.9 Å². The summed E-state index contributed by atoms with van der Waals surface area (Å²) in [6.45, 7) is 3.24. The molecule has 0 saturated heterocycles. The van der Waals surface area contributed by atoms with Crippen LogP contribution in [0.25, 0.3) is 0 Å². The van der Waals surface area contributed by atoms with Crippen molar-refractivity contribution in [2.75, 3.05) is 17.9 Å². The minimum Gasteiger partial charge on any atom is -0.452 e. The first-order valence-electron chi connectivity index (χ1n) is 7.14. The molecule has 7 nitrogen and oxygen atoms in total. The summed E-state index contributed by atoms with van der Waals surface area (Å²) in [7, 11) is -3.80. The van der Waals surface area contributed by atoms with Crippen molar-refractivity contribution in [2.24, 2.45) is 0 Å². The van der Waals surface area contributed by atoms with Crippen LogP contribution in [0, 0.1) is 0 Å². The minimum absolute atomic E-state index is 0.0131. The van der Waals surface area contributed by atoms with Crippen molar-refractivity contribution in [3.05, 3.63) is 60.0 Å². The van der Waals surface area contributed by atoms with E-state index in [0.717, 1.165) is 11.3 Å². The van der Waals surface area contributed by atoms with Crippen LogP contribution in [0.4, 0.5) is 5.69 Å². The Kier molecular flexibility index (Phi) is 6.31. The maximum absolute atomic E-state index is 12.3. The molecule has 1 amide bonds. The molecular formula is C16H16N2O5S2. The summed E-state index contributed by atoms with van der Waals surface area (Å²) in [5.74, 6) is -1.29. The number of carbonyl (C=O) groups excluding carboxylic acids is 2. The molecule has 1 aromatic carbocycles. The van der Waals surface area contributed by atoms with Gasteiger partial charge < -0.3 is 10.1 Å². The smallest absolute Gasteiger partial charge is 0.340 e. The van der Waals surface area contributed by atoms with Crippen LogP contribution in [0.1, 0.15) is 10.4 Å². The maximum Gasteiger partial charge on any atom is 0.340 e. The zero-order valence-corrected chi connectivity index (χ0v) is 14.7. The lowest BCUT2D eigenvalue weighted by Gasteiger charge is -2.11. The van der Waals surface area contributed by atoms with Crippen LogP contribution in [0.15, 0.2) is 58.6 Å². The summed E-state index contributed by atoms with van der Waals surface area (Å²) in [4.78, 5) is 23.6. The normalized spacial score (nSPS) is 10.7. The monoisotopic (exact) mass is 380 g/mol. The van der Waals surface area contributed by atoms with E-state index in [1.54, 1.807) is 23.6 Å². The van der Waals surface area contributed by atoms with Gasteiger partial charge in [-0.2, -0.15) is 0 Å². The van der Waals surface area contributed by atoms with Gasteiger partial charge >= 0.3 is 5.97 Å². The van der Waals surface area contributed by atoms with Gasteiger partial charge in [-0.15, -0.1) is 17.9 Å². The molecule has 1 heterocycles. The van der Waals surface area contributed by atoms with Crippen LogP contribution in [0.3, 0.4) is 0 Å². The lowest BCUT2D eigenvalue weighted by Crippen LogP contribution is -2.29. The van der Waals surface area contributed by atoms with Gasteiger partial charge in [0.05, 0.1) is 11.3 Å². The molecule has 0 saturated carbocycles. The Morgan fingerprint density at radius 1 is 1.20 bits per heavy atom. The molecule has 0 aliphatic rings. The van der Waals surface area contributed by atoms with Crippen molar-refractivity contribution in [2.45, 2.75) is 4.21 Å². The number of esters is 1. The Morgan fingerprint density at radius 3 is 2.64 bits per heavy atom. The molecule has 25 heavy (non-hydrogen) atoms. The van der Waals surface area contributed by atoms with E-state index >= 15 is 0 Å². The van der Waals surface area contributed by atoms with Gasteiger partial charge in [0.1, 0.15) is 4.21 Å². The fourth-order valence-electron chi connectivity index (χ4n) is 1.81. The molecule has 0 aliphatic carbocycles. The van der Waals surface area contributed by atoms with Gasteiger partial charge in [0.25, 0.3) is 15.9 Å². The molecule has 132 valence electrons. The Balaban J connectivity index is 2.11. The Labute approximate surface area is 149 Å². The van der Waals surface area contributed by atoms with E-state index in [1.165, 1.54) is 24.3 Å². The molecule has 2 N–H and O–H groups in total. The molecule has 0 aliphatic heterocycles. The predicted octanol–water partition coefficient (Wildman–Crippen LogP) is 2.01. The predicted molar refractivity (Wildman–Crippen MR) is 95.1 cm³/mol. The number of carbonyl (C=O) groups is 2. The average molecular weight is 380 g/mol. The highest BCUT2D eigenvalue weighted by molar-refractivity contribution is 7.94. The van der Waals surface area contributed by atoms with E-state index in [-0.39, 0.29) is 22.0 Å². The first-order valence-corrected chi connectivity index (χ1v) is 9.50. The third-order valence-corrected chi connectivity index (χ3v) is 5.69. The van der Waals surface area contributed by atoms with Crippen LogP contribution in [0.2, 0.25) is 0 Å². The van der Waals surface area contributed by atoms with Crippen LogP contribution in [-0.2, 0) is 19.6 Å². The summed E-state index contributed by atoms with van der Waals surface area (Å²) in [6.07, 6.45) is 1.49. The van der Waals surface area contributed by atoms with Crippen LogP contribution in [-0.4, -0.2) is 33.4 Å². The van der Waals surface area contributed by atoms with Gasteiger partial charge in [0, 0.05) is 6.54 Å². The van der Waals surface area contributed by atoms with Gasteiger partial charge in [0.2, 0.25) is 0 Å². The third-order valence-electron chi connectivity index (χ3n) is 2.93. The molecular weight excluding hydrogens is 364 g/mol. The number of para-hydroxylation sites is 1. The van der Waals surface area contributed by atoms with E-state index in [2.05, 4.69) is 16.6 Å². The van der Waals surface area contributed by atoms with Crippen LogP contribution in [0.5, 0.6) is 0 Å². The summed E-state index contributed by atoms with van der Waals surface area (Å²) in [5, 5.41) is 4.10. The number of hydrogen-bond acceptors (Lipinski definition) is 6. The van der Waals surface area contributed by atoms with Gasteiger partial charge in [-0.25, -0.2) is 13.2 Å². The maximum atomic E-state index is 12.3. The number of hydrogen-bond donors (Lipinski definition) is 2. The molecule has 2 rings (SSSR count). The highest BCUT2D eigenvalue weighted by atomic mass is 32.2. The molecule has 0 fully saturated rings. The van der Waals surface area contributed by atoms with Crippen molar-refractivity contribution in [1.29, 1.82) is 0 Å². The second-order valence-electron chi connectivity index (χ2n) is 4.75. The van der Waals surface area contributed by atoms with Gasteiger partial charge in [-0.1, -0.05) is 24.3 Å². The molecule has 0 atom stereocenters. The molecule has 2 aromatic rings. The zero-order chi connectivity index (χ0) is 18.3. The highest BCUT2D eigenvalue weighted by Gasteiger charge is 2.20. The second-order valence-corrected chi connectivity index (χ2v) is 7.61. The molecule has 0 radical (unpaired) electrons. The van der Waals surface area contributed by atoms with E-state index in [9.17, 15) is 18.0 Å². The fourth-order valence-corrected chi connectivity index (χ4v) is 3.88. The van der Waals surface area contributed by atoms with E-state index in [1.807, 2.05) is 0 Å². The lowest BCUT2D eigenvalue weighted by molar-refractivity contribution is -0.124. The van der Waals surface area contributed by atoms with E-state index in [0.29, 0.717) is 0 Å². The molecule has 9 heteroatoms. The zero-order valence-electron chi connectivity index (χ0n) is 13.1. The number of thiophene rings is 1. The quantitative estimate of drug-likeness (QED) is 0.539. The van der Waals surface area contributed by atoms with Gasteiger partial charge in [0.15, 0.2) is 6.61 Å². The number of sulfonamides is 1. The number of amides is 1. The topological polar surface area (TPSA) is 102 Å². The molecule has 1 aromatic heterocycles. The van der Waals surface area contributed by atoms with Crippen molar-refractivity contribution in [3.63, 3.8) is 0 Å². The highest BCUT2D eigenvalue weighted by Crippen LogP contribution is 2.23. The Morgan fingerprint density at radius 2 is 1.96 bits per heavy atom. The number of rotatable bonds is 8. The first-order chi connectivity index (χ1) is 11.9. The number of anilines is 1. The summed E-state index contributed by atoms with van der Waals surface area (Å²) in [6, 6.07) is 9.08. The minimum atomic E-state index is -3.80. The molecule has 0 bridgehead atoms. The summed E-state index contributed by atoms with van der Waals surface area (Å²) < 4.78 is 32.0. The van der Waals surface area contributed by atoms with E-state index < -0.39 is 28.5 Å². The van der Waals surface area contributed by atoms with Crippen LogP contribution < -0.4 is 10.0 Å². The first kappa shape index (κ1) is 18.7. The average Bonchev–Trinajstić information content (AvgIpc) is 3.13. The second kappa shape index (κ2) is 8.45. The molecule has 0 unspecified atom stereocenters. The van der Waals surface area contributed by atoms with Gasteiger partial charge in [-0.3, -0.25) is 9.52 Å².